The Morgan fingerprint density at radius 2 is 2.07 bits per heavy atom. The minimum absolute atomic E-state index is 0.0347. The van der Waals surface area contributed by atoms with Crippen molar-refractivity contribution in [3.63, 3.8) is 0 Å². The molecule has 6 heteroatoms. The normalized spacial score (nSPS) is 16.9. The number of carboxylic acids is 1. The van der Waals surface area contributed by atoms with Gasteiger partial charge in [0.05, 0.1) is 5.75 Å². The molecule has 0 heterocycles. The monoisotopic (exact) mass is 235 g/mol. The molecule has 0 amide bonds. The second-order valence-corrected chi connectivity index (χ2v) is 6.03. The fraction of sp³-hybridized carbons (Fsp3) is 0.889. The van der Waals surface area contributed by atoms with Gasteiger partial charge in [0.1, 0.15) is 6.54 Å². The predicted octanol–water partition coefficient (Wildman–Crippen LogP) is 0.523. The van der Waals surface area contributed by atoms with Crippen LogP contribution in [0.4, 0.5) is 0 Å². The smallest absolute Gasteiger partial charge is 0.318 e. The lowest BCUT2D eigenvalue weighted by Crippen LogP contribution is -2.38. The van der Waals surface area contributed by atoms with Crippen molar-refractivity contribution in [3.8, 4) is 0 Å². The standard InChI is InChI=1S/C9H17NO4S/c1-2-5-15(13,14)10(7-9(11)12)6-8-3-4-8/h8H,2-7H2,1H3,(H,11,12). The Labute approximate surface area is 90.1 Å². The van der Waals surface area contributed by atoms with E-state index in [9.17, 15) is 13.2 Å². The van der Waals surface area contributed by atoms with E-state index in [1.807, 2.05) is 0 Å². The van der Waals surface area contributed by atoms with Gasteiger partial charge in [0.25, 0.3) is 0 Å². The highest BCUT2D eigenvalue weighted by Crippen LogP contribution is 2.30. The Hall–Kier alpha value is -0.620. The Morgan fingerprint density at radius 1 is 1.47 bits per heavy atom. The third-order valence-electron chi connectivity index (χ3n) is 2.33. The van der Waals surface area contributed by atoms with Crippen LogP contribution in [0.25, 0.3) is 0 Å². The maximum Gasteiger partial charge on any atom is 0.318 e. The zero-order valence-corrected chi connectivity index (χ0v) is 9.66. The largest absolute Gasteiger partial charge is 0.480 e. The molecule has 1 aliphatic carbocycles. The van der Waals surface area contributed by atoms with E-state index in [1.165, 1.54) is 0 Å². The molecule has 0 aromatic carbocycles. The summed E-state index contributed by atoms with van der Waals surface area (Å²) in [5.41, 5.74) is 0. The van der Waals surface area contributed by atoms with Gasteiger partial charge in [0, 0.05) is 6.54 Å². The summed E-state index contributed by atoms with van der Waals surface area (Å²) in [5.74, 6) is -0.682. The van der Waals surface area contributed by atoms with Gasteiger partial charge in [-0.1, -0.05) is 6.92 Å². The van der Waals surface area contributed by atoms with E-state index in [4.69, 9.17) is 5.11 Å². The number of rotatable bonds is 7. The Kier molecular flexibility index (Phi) is 4.10. The van der Waals surface area contributed by atoms with E-state index in [0.717, 1.165) is 17.1 Å². The molecule has 1 saturated carbocycles. The first-order chi connectivity index (χ1) is 6.95. The van der Waals surface area contributed by atoms with Crippen molar-refractivity contribution in [1.82, 2.24) is 4.31 Å². The average molecular weight is 235 g/mol. The molecule has 88 valence electrons. The van der Waals surface area contributed by atoms with Crippen molar-refractivity contribution in [2.24, 2.45) is 5.92 Å². The molecule has 0 radical (unpaired) electrons. The molecule has 0 unspecified atom stereocenters. The highest BCUT2D eigenvalue weighted by molar-refractivity contribution is 7.89. The summed E-state index contributed by atoms with van der Waals surface area (Å²) in [7, 11) is -3.37. The quantitative estimate of drug-likeness (QED) is 0.698. The van der Waals surface area contributed by atoms with E-state index in [1.54, 1.807) is 6.92 Å². The van der Waals surface area contributed by atoms with E-state index in [0.29, 0.717) is 18.9 Å². The van der Waals surface area contributed by atoms with E-state index >= 15 is 0 Å². The summed E-state index contributed by atoms with van der Waals surface area (Å²) >= 11 is 0. The summed E-state index contributed by atoms with van der Waals surface area (Å²) in [6.45, 7) is 1.74. The summed E-state index contributed by atoms with van der Waals surface area (Å²) < 4.78 is 24.5. The van der Waals surface area contributed by atoms with Crippen molar-refractivity contribution >= 4 is 16.0 Å². The number of carbonyl (C=O) groups is 1. The Balaban J connectivity index is 2.64. The number of aliphatic carboxylic acids is 1. The van der Waals surface area contributed by atoms with Crippen LogP contribution >= 0.6 is 0 Å². The molecule has 0 spiro atoms. The van der Waals surface area contributed by atoms with Crippen LogP contribution < -0.4 is 0 Å². The molecular formula is C9H17NO4S. The lowest BCUT2D eigenvalue weighted by atomic mass is 10.4. The van der Waals surface area contributed by atoms with Crippen molar-refractivity contribution < 1.29 is 18.3 Å². The van der Waals surface area contributed by atoms with Gasteiger partial charge < -0.3 is 5.11 Å². The zero-order chi connectivity index (χ0) is 11.5. The SMILES string of the molecule is CCCS(=O)(=O)N(CC(=O)O)CC1CC1. The van der Waals surface area contributed by atoms with Crippen molar-refractivity contribution in [2.45, 2.75) is 26.2 Å². The fourth-order valence-electron chi connectivity index (χ4n) is 1.40. The first-order valence-corrected chi connectivity index (χ1v) is 6.76. The first-order valence-electron chi connectivity index (χ1n) is 5.15. The molecule has 0 atom stereocenters. The summed E-state index contributed by atoms with van der Waals surface area (Å²) in [5, 5.41) is 8.64. The molecule has 0 aromatic heterocycles. The molecule has 0 aliphatic heterocycles. The first kappa shape index (κ1) is 12.4. The van der Waals surface area contributed by atoms with Crippen molar-refractivity contribution in [1.29, 1.82) is 0 Å². The maximum absolute atomic E-state index is 11.7. The molecule has 1 fully saturated rings. The minimum Gasteiger partial charge on any atom is -0.480 e. The lowest BCUT2D eigenvalue weighted by molar-refractivity contribution is -0.137. The minimum atomic E-state index is -3.37. The second kappa shape index (κ2) is 4.94. The lowest BCUT2D eigenvalue weighted by Gasteiger charge is -2.19. The van der Waals surface area contributed by atoms with Gasteiger partial charge >= 0.3 is 5.97 Å². The van der Waals surface area contributed by atoms with Crippen LogP contribution in [-0.2, 0) is 14.8 Å². The van der Waals surface area contributed by atoms with Crippen molar-refractivity contribution in [2.75, 3.05) is 18.8 Å². The third kappa shape index (κ3) is 4.17. The van der Waals surface area contributed by atoms with Crippen LogP contribution in [0.5, 0.6) is 0 Å². The Bertz CT molecular complexity index is 321. The van der Waals surface area contributed by atoms with Crippen LogP contribution in [0.1, 0.15) is 26.2 Å². The fourth-order valence-corrected chi connectivity index (χ4v) is 2.92. The van der Waals surface area contributed by atoms with Crippen LogP contribution in [-0.4, -0.2) is 42.6 Å². The van der Waals surface area contributed by atoms with Gasteiger partial charge in [0.2, 0.25) is 10.0 Å². The average Bonchev–Trinajstić information content (AvgIpc) is 2.86. The maximum atomic E-state index is 11.7. The van der Waals surface area contributed by atoms with Crippen LogP contribution in [0.15, 0.2) is 0 Å². The van der Waals surface area contributed by atoms with Crippen molar-refractivity contribution in [3.05, 3.63) is 0 Å². The molecule has 0 saturated heterocycles. The number of sulfonamides is 1. The summed E-state index contributed by atoms with van der Waals surface area (Å²) in [6, 6.07) is 0. The highest BCUT2D eigenvalue weighted by Gasteiger charge is 2.31. The van der Waals surface area contributed by atoms with E-state index < -0.39 is 22.5 Å². The third-order valence-corrected chi connectivity index (χ3v) is 4.31. The van der Waals surface area contributed by atoms with Gasteiger partial charge in [-0.05, 0) is 25.2 Å². The van der Waals surface area contributed by atoms with Gasteiger partial charge in [0.15, 0.2) is 0 Å². The van der Waals surface area contributed by atoms with Crippen LogP contribution in [0, 0.1) is 5.92 Å². The van der Waals surface area contributed by atoms with Crippen LogP contribution in [0.2, 0.25) is 0 Å². The van der Waals surface area contributed by atoms with Gasteiger partial charge in [-0.2, -0.15) is 4.31 Å². The molecule has 5 nitrogen and oxygen atoms in total. The van der Waals surface area contributed by atoms with Crippen LogP contribution in [0.3, 0.4) is 0 Å². The Morgan fingerprint density at radius 3 is 2.47 bits per heavy atom. The van der Waals surface area contributed by atoms with E-state index in [-0.39, 0.29) is 5.75 Å². The van der Waals surface area contributed by atoms with Gasteiger partial charge in [-0.3, -0.25) is 4.79 Å². The molecule has 1 N–H and O–H groups in total. The topological polar surface area (TPSA) is 74.7 Å². The number of hydrogen-bond donors (Lipinski definition) is 1. The second-order valence-electron chi connectivity index (χ2n) is 3.95. The zero-order valence-electron chi connectivity index (χ0n) is 8.85. The highest BCUT2D eigenvalue weighted by atomic mass is 32.2. The summed E-state index contributed by atoms with van der Waals surface area (Å²) in [4.78, 5) is 10.6. The van der Waals surface area contributed by atoms with Gasteiger partial charge in [-0.25, -0.2) is 8.42 Å². The van der Waals surface area contributed by atoms with E-state index in [2.05, 4.69) is 0 Å². The molecule has 0 bridgehead atoms. The molecule has 15 heavy (non-hydrogen) atoms. The predicted molar refractivity (Wildman–Crippen MR) is 56.0 cm³/mol. The summed E-state index contributed by atoms with van der Waals surface area (Å²) in [6.07, 6.45) is 2.54. The number of hydrogen-bond acceptors (Lipinski definition) is 3. The number of nitrogens with zero attached hydrogens (tertiary/aromatic N) is 1. The number of carboxylic acid groups (broad SMARTS) is 1. The molecule has 0 aromatic rings. The molecule has 1 rings (SSSR count). The molecular weight excluding hydrogens is 218 g/mol. The molecule has 1 aliphatic rings. The van der Waals surface area contributed by atoms with Gasteiger partial charge in [-0.15, -0.1) is 0 Å².